The Morgan fingerprint density at radius 3 is 2.31 bits per heavy atom. The summed E-state index contributed by atoms with van der Waals surface area (Å²) in [5.41, 5.74) is 1.45. The van der Waals surface area contributed by atoms with Gasteiger partial charge in [0.15, 0.2) is 0 Å². The van der Waals surface area contributed by atoms with Gasteiger partial charge in [0.25, 0.3) is 0 Å². The third-order valence-corrected chi connectivity index (χ3v) is 4.08. The first-order valence-electron chi connectivity index (χ1n) is 6.30. The summed E-state index contributed by atoms with van der Waals surface area (Å²) >= 11 is 3.49. The molecular formula is C14H18BrN. The van der Waals surface area contributed by atoms with E-state index in [1.54, 1.807) is 0 Å². The Kier molecular flexibility index (Phi) is 3.03. The highest BCUT2D eigenvalue weighted by atomic mass is 79.9. The van der Waals surface area contributed by atoms with Gasteiger partial charge >= 0.3 is 0 Å². The average molecular weight is 280 g/mol. The lowest BCUT2D eigenvalue weighted by Gasteiger charge is -2.21. The van der Waals surface area contributed by atoms with Gasteiger partial charge in [0.05, 0.1) is 0 Å². The summed E-state index contributed by atoms with van der Waals surface area (Å²) in [6.45, 7) is 2.48. The van der Waals surface area contributed by atoms with Crippen LogP contribution in [0, 0.1) is 5.92 Å². The lowest BCUT2D eigenvalue weighted by Crippen LogP contribution is -2.27. The first-order valence-corrected chi connectivity index (χ1v) is 7.09. The van der Waals surface area contributed by atoms with Gasteiger partial charge in [0, 0.05) is 23.6 Å². The predicted molar refractivity (Wildman–Crippen MR) is 70.3 cm³/mol. The molecule has 0 saturated heterocycles. The molecule has 1 nitrogen and oxygen atoms in total. The van der Waals surface area contributed by atoms with Crippen LogP contribution in [0.25, 0.3) is 0 Å². The van der Waals surface area contributed by atoms with Crippen LogP contribution in [0.2, 0.25) is 0 Å². The van der Waals surface area contributed by atoms with Crippen molar-refractivity contribution in [2.75, 3.05) is 6.54 Å². The van der Waals surface area contributed by atoms with Crippen molar-refractivity contribution in [3.05, 3.63) is 34.3 Å². The first kappa shape index (κ1) is 10.8. The zero-order valence-electron chi connectivity index (χ0n) is 9.53. The van der Waals surface area contributed by atoms with Crippen molar-refractivity contribution < 1.29 is 0 Å². The summed E-state index contributed by atoms with van der Waals surface area (Å²) in [6, 6.07) is 9.68. The van der Waals surface area contributed by atoms with Crippen molar-refractivity contribution >= 4 is 15.9 Å². The number of nitrogens with zero attached hydrogens (tertiary/aromatic N) is 1. The van der Waals surface area contributed by atoms with Crippen molar-refractivity contribution in [2.45, 2.75) is 38.3 Å². The van der Waals surface area contributed by atoms with E-state index < -0.39 is 0 Å². The van der Waals surface area contributed by atoms with Gasteiger partial charge in [0.1, 0.15) is 0 Å². The lowest BCUT2D eigenvalue weighted by molar-refractivity contribution is 0.244. The maximum Gasteiger partial charge on any atom is 0.0236 e. The van der Waals surface area contributed by atoms with Crippen molar-refractivity contribution in [2.24, 2.45) is 5.92 Å². The minimum absolute atomic E-state index is 0.893. The van der Waals surface area contributed by atoms with E-state index in [0.29, 0.717) is 0 Å². The van der Waals surface area contributed by atoms with Gasteiger partial charge in [-0.15, -0.1) is 0 Å². The first-order chi connectivity index (χ1) is 7.81. The smallest absolute Gasteiger partial charge is 0.0236 e. The van der Waals surface area contributed by atoms with Crippen LogP contribution in [-0.2, 0) is 6.54 Å². The Morgan fingerprint density at radius 2 is 1.75 bits per heavy atom. The molecule has 1 aromatic rings. The molecule has 0 amide bonds. The molecule has 16 heavy (non-hydrogen) atoms. The Morgan fingerprint density at radius 1 is 1.06 bits per heavy atom. The van der Waals surface area contributed by atoms with E-state index in [1.165, 1.54) is 42.3 Å². The summed E-state index contributed by atoms with van der Waals surface area (Å²) in [4.78, 5) is 2.70. The average Bonchev–Trinajstić information content (AvgIpc) is 3.14. The SMILES string of the molecule is Brc1ccc(CN(CC2CC2)C2CC2)cc1. The minimum atomic E-state index is 0.893. The molecule has 2 saturated carbocycles. The molecule has 0 N–H and O–H groups in total. The summed E-state index contributed by atoms with van der Waals surface area (Å²) in [7, 11) is 0. The number of rotatable bonds is 5. The van der Waals surface area contributed by atoms with Gasteiger partial charge in [0.2, 0.25) is 0 Å². The van der Waals surface area contributed by atoms with Gasteiger partial charge in [-0.25, -0.2) is 0 Å². The maximum atomic E-state index is 3.49. The third kappa shape index (κ3) is 2.86. The topological polar surface area (TPSA) is 3.24 Å². The molecule has 2 aliphatic rings. The molecule has 2 heteroatoms. The fourth-order valence-corrected chi connectivity index (χ4v) is 2.50. The molecule has 86 valence electrons. The van der Waals surface area contributed by atoms with Crippen LogP contribution in [0.3, 0.4) is 0 Å². The fraction of sp³-hybridized carbons (Fsp3) is 0.571. The van der Waals surface area contributed by atoms with Crippen LogP contribution in [0.5, 0.6) is 0 Å². The summed E-state index contributed by atoms with van der Waals surface area (Å²) in [5, 5.41) is 0. The number of halogens is 1. The molecule has 0 radical (unpaired) electrons. The van der Waals surface area contributed by atoms with E-state index in [4.69, 9.17) is 0 Å². The van der Waals surface area contributed by atoms with Crippen LogP contribution in [0.15, 0.2) is 28.7 Å². The second-order valence-corrected chi connectivity index (χ2v) is 6.15. The highest BCUT2D eigenvalue weighted by Gasteiger charge is 2.33. The highest BCUT2D eigenvalue weighted by Crippen LogP contribution is 2.35. The second kappa shape index (κ2) is 4.50. The lowest BCUT2D eigenvalue weighted by atomic mass is 10.2. The zero-order chi connectivity index (χ0) is 11.0. The number of hydrogen-bond acceptors (Lipinski definition) is 1. The fourth-order valence-electron chi connectivity index (χ4n) is 2.24. The molecule has 0 aliphatic heterocycles. The molecule has 0 spiro atoms. The largest absolute Gasteiger partial charge is 0.296 e. The van der Waals surface area contributed by atoms with E-state index >= 15 is 0 Å². The second-order valence-electron chi connectivity index (χ2n) is 5.23. The minimum Gasteiger partial charge on any atom is -0.296 e. The standard InChI is InChI=1S/C14H18BrN/c15-13-5-3-12(4-6-13)10-16(14-7-8-14)9-11-1-2-11/h3-6,11,14H,1-2,7-10H2. The Labute approximate surface area is 106 Å². The van der Waals surface area contributed by atoms with Gasteiger partial charge in [-0.2, -0.15) is 0 Å². The monoisotopic (exact) mass is 279 g/mol. The third-order valence-electron chi connectivity index (χ3n) is 3.55. The van der Waals surface area contributed by atoms with Crippen LogP contribution in [-0.4, -0.2) is 17.5 Å². The van der Waals surface area contributed by atoms with Crippen molar-refractivity contribution in [1.29, 1.82) is 0 Å². The van der Waals surface area contributed by atoms with Crippen LogP contribution >= 0.6 is 15.9 Å². The zero-order valence-corrected chi connectivity index (χ0v) is 11.1. The molecule has 3 rings (SSSR count). The summed E-state index contributed by atoms with van der Waals surface area (Å²) < 4.78 is 1.18. The summed E-state index contributed by atoms with van der Waals surface area (Å²) in [6.07, 6.45) is 5.76. The molecule has 1 aromatic carbocycles. The van der Waals surface area contributed by atoms with Gasteiger partial charge in [-0.3, -0.25) is 4.90 Å². The van der Waals surface area contributed by atoms with E-state index in [0.717, 1.165) is 18.5 Å². The van der Waals surface area contributed by atoms with Crippen LogP contribution in [0.1, 0.15) is 31.2 Å². The molecule has 0 heterocycles. The Balaban J connectivity index is 1.63. The molecule has 0 bridgehead atoms. The molecule has 2 aliphatic carbocycles. The van der Waals surface area contributed by atoms with E-state index in [1.807, 2.05) is 0 Å². The molecule has 0 aromatic heterocycles. The summed E-state index contributed by atoms with van der Waals surface area (Å²) in [5.74, 6) is 1.01. The molecule has 0 atom stereocenters. The van der Waals surface area contributed by atoms with Gasteiger partial charge < -0.3 is 0 Å². The quantitative estimate of drug-likeness (QED) is 0.792. The van der Waals surface area contributed by atoms with Crippen LogP contribution < -0.4 is 0 Å². The van der Waals surface area contributed by atoms with Crippen molar-refractivity contribution in [3.63, 3.8) is 0 Å². The molecule has 2 fully saturated rings. The Bertz CT molecular complexity index is 352. The highest BCUT2D eigenvalue weighted by molar-refractivity contribution is 9.10. The van der Waals surface area contributed by atoms with Gasteiger partial charge in [-0.1, -0.05) is 28.1 Å². The van der Waals surface area contributed by atoms with Crippen LogP contribution in [0.4, 0.5) is 0 Å². The number of hydrogen-bond donors (Lipinski definition) is 0. The normalized spacial score (nSPS) is 20.4. The van der Waals surface area contributed by atoms with Crippen molar-refractivity contribution in [3.8, 4) is 0 Å². The van der Waals surface area contributed by atoms with Crippen molar-refractivity contribution in [1.82, 2.24) is 4.90 Å². The van der Waals surface area contributed by atoms with E-state index in [2.05, 4.69) is 45.1 Å². The molecular weight excluding hydrogens is 262 g/mol. The van der Waals surface area contributed by atoms with E-state index in [9.17, 15) is 0 Å². The maximum absolute atomic E-state index is 3.49. The Hall–Kier alpha value is -0.340. The predicted octanol–water partition coefficient (Wildman–Crippen LogP) is 3.82. The van der Waals surface area contributed by atoms with E-state index in [-0.39, 0.29) is 0 Å². The number of benzene rings is 1. The van der Waals surface area contributed by atoms with Gasteiger partial charge in [-0.05, 0) is 49.3 Å². The molecule has 0 unspecified atom stereocenters.